The molecule has 1 N–H and O–H groups in total. The molecule has 0 aliphatic heterocycles. The molecule has 0 amide bonds. The molecule has 16 heavy (non-hydrogen) atoms. The third kappa shape index (κ3) is 2.28. The number of carboxylic acids is 1. The summed E-state index contributed by atoms with van der Waals surface area (Å²) in [5, 5.41) is 12.7. The lowest BCUT2D eigenvalue weighted by Gasteiger charge is -1.89. The standard InChI is InChI=1S/C10H10N2O2S2/c1-5-9(10(13)14)16-8(11-5)3-7-4-15-6(2)12-7/h4H,3H2,1-2H3,(H,13,14). The van der Waals surface area contributed by atoms with E-state index < -0.39 is 5.97 Å². The normalized spacial score (nSPS) is 10.6. The van der Waals surface area contributed by atoms with E-state index in [1.807, 2.05) is 12.3 Å². The molecule has 0 bridgehead atoms. The molecule has 2 aromatic heterocycles. The van der Waals surface area contributed by atoms with Gasteiger partial charge in [-0.05, 0) is 13.8 Å². The minimum absolute atomic E-state index is 0.321. The zero-order chi connectivity index (χ0) is 11.7. The van der Waals surface area contributed by atoms with Crippen LogP contribution in [0, 0.1) is 13.8 Å². The van der Waals surface area contributed by atoms with E-state index in [1.165, 1.54) is 11.3 Å². The van der Waals surface area contributed by atoms with Gasteiger partial charge in [-0.1, -0.05) is 0 Å². The topological polar surface area (TPSA) is 63.1 Å². The molecule has 2 rings (SSSR count). The maximum Gasteiger partial charge on any atom is 0.347 e. The predicted molar refractivity (Wildman–Crippen MR) is 63.5 cm³/mol. The van der Waals surface area contributed by atoms with Crippen molar-refractivity contribution in [2.75, 3.05) is 0 Å². The van der Waals surface area contributed by atoms with Gasteiger partial charge in [0.2, 0.25) is 0 Å². The van der Waals surface area contributed by atoms with Gasteiger partial charge in [-0.15, -0.1) is 22.7 Å². The summed E-state index contributed by atoms with van der Waals surface area (Å²) in [6, 6.07) is 0. The van der Waals surface area contributed by atoms with Gasteiger partial charge in [-0.25, -0.2) is 14.8 Å². The largest absolute Gasteiger partial charge is 0.477 e. The average molecular weight is 254 g/mol. The lowest BCUT2D eigenvalue weighted by atomic mass is 10.3. The van der Waals surface area contributed by atoms with Crippen LogP contribution in [0.15, 0.2) is 5.38 Å². The Morgan fingerprint density at radius 2 is 2.19 bits per heavy atom. The second kappa shape index (κ2) is 4.31. The SMILES string of the molecule is Cc1nc(Cc2nc(C)c(C(=O)O)s2)cs1. The van der Waals surface area contributed by atoms with Crippen molar-refractivity contribution in [3.63, 3.8) is 0 Å². The van der Waals surface area contributed by atoms with Crippen LogP contribution < -0.4 is 0 Å². The van der Waals surface area contributed by atoms with Crippen LogP contribution in [0.4, 0.5) is 0 Å². The van der Waals surface area contributed by atoms with Gasteiger partial charge in [-0.2, -0.15) is 0 Å². The molecule has 0 fully saturated rings. The third-order valence-corrected chi connectivity index (χ3v) is 4.00. The lowest BCUT2D eigenvalue weighted by Crippen LogP contribution is -1.94. The predicted octanol–water partition coefficient (Wildman–Crippen LogP) is 2.51. The number of thiazole rings is 2. The summed E-state index contributed by atoms with van der Waals surface area (Å²) in [5.74, 6) is -0.907. The van der Waals surface area contributed by atoms with Crippen molar-refractivity contribution >= 4 is 28.6 Å². The Labute approximate surface area is 101 Å². The van der Waals surface area contributed by atoms with Crippen molar-refractivity contribution in [2.24, 2.45) is 0 Å². The van der Waals surface area contributed by atoms with Gasteiger partial charge in [0.15, 0.2) is 0 Å². The van der Waals surface area contributed by atoms with Gasteiger partial charge in [0.05, 0.1) is 21.4 Å². The molecule has 0 atom stereocenters. The number of hydrogen-bond acceptors (Lipinski definition) is 5. The fourth-order valence-electron chi connectivity index (χ4n) is 1.37. The Morgan fingerprint density at radius 3 is 2.69 bits per heavy atom. The van der Waals surface area contributed by atoms with Crippen molar-refractivity contribution < 1.29 is 9.90 Å². The van der Waals surface area contributed by atoms with Crippen LogP contribution in [0.2, 0.25) is 0 Å². The highest BCUT2D eigenvalue weighted by atomic mass is 32.1. The maximum absolute atomic E-state index is 10.8. The minimum Gasteiger partial charge on any atom is -0.477 e. The lowest BCUT2D eigenvalue weighted by molar-refractivity contribution is 0.0701. The molecule has 0 spiro atoms. The summed E-state index contributed by atoms with van der Waals surface area (Å²) < 4.78 is 0. The van der Waals surface area contributed by atoms with Crippen molar-refractivity contribution in [1.29, 1.82) is 0 Å². The summed E-state index contributed by atoms with van der Waals surface area (Å²) in [4.78, 5) is 19.7. The van der Waals surface area contributed by atoms with E-state index in [2.05, 4.69) is 9.97 Å². The van der Waals surface area contributed by atoms with Gasteiger partial charge in [0, 0.05) is 11.8 Å². The number of nitrogens with zero attached hydrogens (tertiary/aromatic N) is 2. The highest BCUT2D eigenvalue weighted by molar-refractivity contribution is 7.13. The van der Waals surface area contributed by atoms with Crippen LogP contribution in [0.3, 0.4) is 0 Å². The van der Waals surface area contributed by atoms with Crippen molar-refractivity contribution in [3.8, 4) is 0 Å². The van der Waals surface area contributed by atoms with Crippen molar-refractivity contribution in [3.05, 3.63) is 31.7 Å². The van der Waals surface area contributed by atoms with Crippen LogP contribution >= 0.6 is 22.7 Å². The van der Waals surface area contributed by atoms with Crippen LogP contribution in [0.5, 0.6) is 0 Å². The van der Waals surface area contributed by atoms with E-state index >= 15 is 0 Å². The number of carbonyl (C=O) groups is 1. The van der Waals surface area contributed by atoms with Gasteiger partial charge < -0.3 is 5.11 Å². The zero-order valence-corrected chi connectivity index (χ0v) is 10.5. The monoisotopic (exact) mass is 254 g/mol. The molecule has 84 valence electrons. The molecule has 0 unspecified atom stereocenters. The summed E-state index contributed by atoms with van der Waals surface area (Å²) in [7, 11) is 0. The van der Waals surface area contributed by atoms with Crippen molar-refractivity contribution in [1.82, 2.24) is 9.97 Å². The molecular formula is C10H10N2O2S2. The molecule has 0 radical (unpaired) electrons. The molecular weight excluding hydrogens is 244 g/mol. The molecule has 2 heterocycles. The first-order chi connectivity index (χ1) is 7.56. The number of aromatic nitrogens is 2. The van der Waals surface area contributed by atoms with Crippen LogP contribution in [0.25, 0.3) is 0 Å². The summed E-state index contributed by atoms with van der Waals surface area (Å²) in [6.45, 7) is 3.67. The van der Waals surface area contributed by atoms with Crippen LogP contribution in [-0.4, -0.2) is 21.0 Å². The Hall–Kier alpha value is -1.27. The Kier molecular flexibility index (Phi) is 3.02. The summed E-state index contributed by atoms with van der Waals surface area (Å²) >= 11 is 2.82. The summed E-state index contributed by atoms with van der Waals surface area (Å²) in [5.41, 5.74) is 1.53. The van der Waals surface area contributed by atoms with Crippen molar-refractivity contribution in [2.45, 2.75) is 20.3 Å². The Morgan fingerprint density at radius 1 is 1.44 bits per heavy atom. The molecule has 6 heteroatoms. The van der Waals surface area contributed by atoms with E-state index in [4.69, 9.17) is 5.11 Å². The Balaban J connectivity index is 2.22. The third-order valence-electron chi connectivity index (χ3n) is 2.03. The molecule has 0 aliphatic carbocycles. The average Bonchev–Trinajstić information content (AvgIpc) is 2.73. The smallest absolute Gasteiger partial charge is 0.347 e. The van der Waals surface area contributed by atoms with Gasteiger partial charge >= 0.3 is 5.97 Å². The minimum atomic E-state index is -0.907. The number of aromatic carboxylic acids is 1. The van der Waals surface area contributed by atoms with E-state index in [0.717, 1.165) is 15.7 Å². The molecule has 4 nitrogen and oxygen atoms in total. The van der Waals surface area contributed by atoms with E-state index in [0.29, 0.717) is 17.0 Å². The molecule has 0 aliphatic rings. The van der Waals surface area contributed by atoms with Crippen LogP contribution in [-0.2, 0) is 6.42 Å². The molecule has 2 aromatic rings. The van der Waals surface area contributed by atoms with E-state index in [9.17, 15) is 4.79 Å². The van der Waals surface area contributed by atoms with Crippen LogP contribution in [0.1, 0.15) is 31.1 Å². The molecule has 0 saturated carbocycles. The number of aryl methyl sites for hydroxylation is 2. The second-order valence-electron chi connectivity index (χ2n) is 3.36. The fourth-order valence-corrected chi connectivity index (χ4v) is 2.90. The first-order valence-electron chi connectivity index (χ1n) is 4.67. The van der Waals surface area contributed by atoms with Gasteiger partial charge in [0.25, 0.3) is 0 Å². The first kappa shape index (κ1) is 11.2. The van der Waals surface area contributed by atoms with Gasteiger partial charge in [-0.3, -0.25) is 0 Å². The fraction of sp³-hybridized carbons (Fsp3) is 0.300. The van der Waals surface area contributed by atoms with E-state index in [-0.39, 0.29) is 0 Å². The van der Waals surface area contributed by atoms with Gasteiger partial charge in [0.1, 0.15) is 4.88 Å². The second-order valence-corrected chi connectivity index (χ2v) is 5.51. The number of rotatable bonds is 3. The zero-order valence-electron chi connectivity index (χ0n) is 8.85. The molecule has 0 aromatic carbocycles. The Bertz CT molecular complexity index is 531. The number of hydrogen-bond donors (Lipinski definition) is 1. The highest BCUT2D eigenvalue weighted by Crippen LogP contribution is 2.21. The maximum atomic E-state index is 10.8. The highest BCUT2D eigenvalue weighted by Gasteiger charge is 2.14. The quantitative estimate of drug-likeness (QED) is 0.914. The first-order valence-corrected chi connectivity index (χ1v) is 6.36. The van der Waals surface area contributed by atoms with E-state index in [1.54, 1.807) is 18.3 Å². The molecule has 0 saturated heterocycles. The number of carboxylic acid groups (broad SMARTS) is 1. The summed E-state index contributed by atoms with van der Waals surface area (Å²) in [6.07, 6.45) is 0.614.